The predicted octanol–water partition coefficient (Wildman–Crippen LogP) is 4.00. The number of non-ortho nitro benzene ring substituents is 1. The lowest BCUT2D eigenvalue weighted by Crippen LogP contribution is -2.22. The van der Waals surface area contributed by atoms with Gasteiger partial charge in [-0.25, -0.2) is 0 Å². The summed E-state index contributed by atoms with van der Waals surface area (Å²) >= 11 is 0. The van der Waals surface area contributed by atoms with Crippen LogP contribution in [0.4, 0.5) is 5.69 Å². The van der Waals surface area contributed by atoms with E-state index in [4.69, 9.17) is 10.8 Å². The largest absolute Gasteiger partial charge is 0.481 e. The fraction of sp³-hybridized carbons (Fsp3) is 0.333. The maximum Gasteiger partial charge on any atom is 0.307 e. The van der Waals surface area contributed by atoms with Gasteiger partial charge >= 0.3 is 5.97 Å². The van der Waals surface area contributed by atoms with E-state index >= 15 is 0 Å². The molecule has 1 saturated carbocycles. The third-order valence-corrected chi connectivity index (χ3v) is 4.09. The van der Waals surface area contributed by atoms with Crippen LogP contribution in [0.5, 0.6) is 0 Å². The molecule has 0 atom stereocenters. The number of nitro groups is 1. The van der Waals surface area contributed by atoms with Crippen molar-refractivity contribution in [3.63, 3.8) is 0 Å². The van der Waals surface area contributed by atoms with Gasteiger partial charge in [0.2, 0.25) is 0 Å². The van der Waals surface area contributed by atoms with Crippen molar-refractivity contribution in [2.24, 2.45) is 5.73 Å². The Bertz CT molecular complexity index is 726. The van der Waals surface area contributed by atoms with Crippen molar-refractivity contribution < 1.29 is 19.6 Å². The summed E-state index contributed by atoms with van der Waals surface area (Å²) in [7, 11) is 0. The average molecular weight is 386 g/mol. The summed E-state index contributed by atoms with van der Waals surface area (Å²) in [5.74, 6) is -0.786. The Balaban J connectivity index is 0.000000215. The Morgan fingerprint density at radius 3 is 2.04 bits per heavy atom. The second kappa shape index (κ2) is 13.2. The number of aldehydes is 1. The smallest absolute Gasteiger partial charge is 0.307 e. The molecule has 1 fully saturated rings. The van der Waals surface area contributed by atoms with Crippen molar-refractivity contribution in [3.05, 3.63) is 75.8 Å². The van der Waals surface area contributed by atoms with Gasteiger partial charge in [-0.2, -0.15) is 0 Å². The molecule has 0 radical (unpaired) electrons. The van der Waals surface area contributed by atoms with Crippen LogP contribution >= 0.6 is 0 Å². The van der Waals surface area contributed by atoms with Crippen LogP contribution in [-0.4, -0.2) is 28.3 Å². The van der Waals surface area contributed by atoms with Gasteiger partial charge < -0.3 is 10.8 Å². The maximum absolute atomic E-state index is 10.2. The van der Waals surface area contributed by atoms with E-state index in [2.05, 4.69) is 0 Å². The summed E-state index contributed by atoms with van der Waals surface area (Å²) in [5, 5.41) is 18.5. The lowest BCUT2D eigenvalue weighted by Gasteiger charge is -2.15. The molecule has 1 aliphatic rings. The molecular formula is C21H26N2O5. The Morgan fingerprint density at radius 1 is 1.07 bits per heavy atom. The van der Waals surface area contributed by atoms with Crippen molar-refractivity contribution in [2.45, 2.75) is 44.6 Å². The molecule has 0 saturated heterocycles. The molecule has 3 rings (SSSR count). The van der Waals surface area contributed by atoms with E-state index in [-0.39, 0.29) is 12.1 Å². The summed E-state index contributed by atoms with van der Waals surface area (Å²) in [5.41, 5.74) is 6.91. The fourth-order valence-electron chi connectivity index (χ4n) is 2.58. The molecule has 0 unspecified atom stereocenters. The summed E-state index contributed by atoms with van der Waals surface area (Å²) in [4.78, 5) is 29.9. The molecule has 2 aromatic rings. The second-order valence-corrected chi connectivity index (χ2v) is 6.42. The Hall–Kier alpha value is -3.06. The van der Waals surface area contributed by atoms with Crippen molar-refractivity contribution in [1.29, 1.82) is 0 Å². The highest BCUT2D eigenvalue weighted by molar-refractivity contribution is 5.75. The molecular weight excluding hydrogens is 360 g/mol. The zero-order valence-corrected chi connectivity index (χ0v) is 15.7. The number of nitro benzene ring substituents is 1. The first-order valence-electron chi connectivity index (χ1n) is 9.13. The Morgan fingerprint density at radius 2 is 1.64 bits per heavy atom. The first-order valence-corrected chi connectivity index (χ1v) is 9.13. The molecule has 0 heterocycles. The van der Waals surface area contributed by atoms with Gasteiger partial charge in [0, 0.05) is 23.7 Å². The van der Waals surface area contributed by atoms with Gasteiger partial charge in [-0.3, -0.25) is 19.7 Å². The van der Waals surface area contributed by atoms with Gasteiger partial charge in [0.15, 0.2) is 0 Å². The highest BCUT2D eigenvalue weighted by Crippen LogP contribution is 2.14. The first kappa shape index (κ1) is 23.0. The zero-order valence-electron chi connectivity index (χ0n) is 15.7. The van der Waals surface area contributed by atoms with E-state index in [0.29, 0.717) is 17.9 Å². The van der Waals surface area contributed by atoms with Gasteiger partial charge in [0.1, 0.15) is 6.29 Å². The standard InChI is InChI=1S/C8H8O2.C7H5NO3.C6H13N/c9-8(10)6-7-4-2-1-3-5-7;9-5-6-1-3-7(4-2-6)8(10)11;7-6-4-2-1-3-5-6/h1-5H,6H2,(H,9,10);1-5H;6H,1-5,7H2. The minimum Gasteiger partial charge on any atom is -0.481 e. The van der Waals surface area contributed by atoms with Crippen molar-refractivity contribution in [2.75, 3.05) is 0 Å². The number of nitrogens with zero attached hydrogens (tertiary/aromatic N) is 1. The summed E-state index contributed by atoms with van der Waals surface area (Å²) < 4.78 is 0. The van der Waals surface area contributed by atoms with Gasteiger partial charge in [0.25, 0.3) is 5.69 Å². The summed E-state index contributed by atoms with van der Waals surface area (Å²) in [6.07, 6.45) is 7.42. The van der Waals surface area contributed by atoms with Gasteiger partial charge in [0.05, 0.1) is 11.3 Å². The van der Waals surface area contributed by atoms with E-state index in [1.165, 1.54) is 56.4 Å². The number of aliphatic carboxylic acids is 1. The molecule has 3 N–H and O–H groups in total. The monoisotopic (exact) mass is 386 g/mol. The summed E-state index contributed by atoms with van der Waals surface area (Å²) in [6.45, 7) is 0. The van der Waals surface area contributed by atoms with Crippen molar-refractivity contribution in [1.82, 2.24) is 0 Å². The minimum absolute atomic E-state index is 0.00407. The molecule has 1 aliphatic carbocycles. The first-order chi connectivity index (χ1) is 13.4. The highest BCUT2D eigenvalue weighted by Gasteiger charge is 2.06. The number of nitrogens with two attached hydrogens (primary N) is 1. The van der Waals surface area contributed by atoms with Gasteiger partial charge in [-0.05, 0) is 30.5 Å². The predicted molar refractivity (Wildman–Crippen MR) is 107 cm³/mol. The van der Waals surface area contributed by atoms with E-state index in [9.17, 15) is 19.7 Å². The van der Waals surface area contributed by atoms with Crippen LogP contribution in [0.3, 0.4) is 0 Å². The average Bonchev–Trinajstić information content (AvgIpc) is 2.70. The lowest BCUT2D eigenvalue weighted by molar-refractivity contribution is -0.384. The number of carboxylic acid groups (broad SMARTS) is 1. The molecule has 0 amide bonds. The SMILES string of the molecule is NC1CCCCC1.O=C(O)Cc1ccccc1.O=Cc1ccc([N+](=O)[O-])cc1. The molecule has 0 aliphatic heterocycles. The topological polar surface area (TPSA) is 124 Å². The van der Waals surface area contributed by atoms with E-state index < -0.39 is 10.9 Å². The van der Waals surface area contributed by atoms with Crippen LogP contribution in [0.2, 0.25) is 0 Å². The third kappa shape index (κ3) is 10.2. The molecule has 0 aromatic heterocycles. The fourth-order valence-corrected chi connectivity index (χ4v) is 2.58. The van der Waals surface area contributed by atoms with Gasteiger partial charge in [-0.15, -0.1) is 0 Å². The maximum atomic E-state index is 10.2. The number of carbonyl (C=O) groups is 2. The van der Waals surface area contributed by atoms with Crippen LogP contribution < -0.4 is 5.73 Å². The van der Waals surface area contributed by atoms with Crippen LogP contribution in [0.25, 0.3) is 0 Å². The van der Waals surface area contributed by atoms with E-state index in [0.717, 1.165) is 5.56 Å². The van der Waals surface area contributed by atoms with Crippen molar-refractivity contribution in [3.8, 4) is 0 Å². The molecule has 150 valence electrons. The number of benzene rings is 2. The normalized spacial score (nSPS) is 13.2. The molecule has 7 nitrogen and oxygen atoms in total. The van der Waals surface area contributed by atoms with Crippen LogP contribution in [-0.2, 0) is 11.2 Å². The molecule has 0 spiro atoms. The molecule has 7 heteroatoms. The molecule has 0 bridgehead atoms. The van der Waals surface area contributed by atoms with Gasteiger partial charge in [-0.1, -0.05) is 49.6 Å². The molecule has 2 aromatic carbocycles. The number of hydrogen-bond acceptors (Lipinski definition) is 5. The van der Waals surface area contributed by atoms with E-state index in [1.54, 1.807) is 12.1 Å². The van der Waals surface area contributed by atoms with Crippen molar-refractivity contribution >= 4 is 17.9 Å². The zero-order chi connectivity index (χ0) is 20.8. The number of hydrogen-bond donors (Lipinski definition) is 2. The Labute approximate surface area is 164 Å². The highest BCUT2D eigenvalue weighted by atomic mass is 16.6. The van der Waals surface area contributed by atoms with E-state index in [1.807, 2.05) is 18.2 Å². The second-order valence-electron chi connectivity index (χ2n) is 6.42. The lowest BCUT2D eigenvalue weighted by atomic mass is 9.97. The summed E-state index contributed by atoms with van der Waals surface area (Å²) in [6, 6.07) is 15.1. The minimum atomic E-state index is -0.786. The Kier molecular flexibility index (Phi) is 10.8. The quantitative estimate of drug-likeness (QED) is 0.465. The number of carboxylic acids is 1. The molecule has 28 heavy (non-hydrogen) atoms. The van der Waals surface area contributed by atoms with Crippen LogP contribution in [0.15, 0.2) is 54.6 Å². The van der Waals surface area contributed by atoms with Crippen LogP contribution in [0.1, 0.15) is 48.0 Å². The number of rotatable bonds is 4. The third-order valence-electron chi connectivity index (χ3n) is 4.09. The number of carbonyl (C=O) groups excluding carboxylic acids is 1. The van der Waals surface area contributed by atoms with Crippen LogP contribution in [0, 0.1) is 10.1 Å².